The second kappa shape index (κ2) is 25.1. The van der Waals surface area contributed by atoms with Gasteiger partial charge in [0.2, 0.25) is 23.7 Å². The number of halogens is 2. The first-order valence-electron chi connectivity index (χ1n) is 22.6. The van der Waals surface area contributed by atoms with Crippen molar-refractivity contribution >= 4 is 58.3 Å². The smallest absolute Gasteiger partial charge is 0.450 e. The minimum Gasteiger partial charge on any atom is -0.450 e. The lowest BCUT2D eigenvalue weighted by atomic mass is 10.1. The Morgan fingerprint density at radius 3 is 1.50 bits per heavy atom. The summed E-state index contributed by atoms with van der Waals surface area (Å²) < 4.78 is 58.8. The number of hydrogen-bond acceptors (Lipinski definition) is 16. The monoisotopic (exact) mass is 989 g/mol. The molecule has 7 N–H and O–H groups in total. The predicted molar refractivity (Wildman–Crippen MR) is 249 cm³/mol. The molecule has 8 atom stereocenters. The van der Waals surface area contributed by atoms with Crippen molar-refractivity contribution < 1.29 is 62.2 Å². The Hall–Kier alpha value is -6.90. The van der Waals surface area contributed by atoms with Crippen LogP contribution in [0.3, 0.4) is 0 Å². The van der Waals surface area contributed by atoms with Gasteiger partial charge in [-0.05, 0) is 44.6 Å². The molecular weight excluding hydrogens is 929 g/mol. The molecule has 0 spiro atoms. The van der Waals surface area contributed by atoms with Gasteiger partial charge in [0.1, 0.15) is 5.75 Å². The molecule has 2 fully saturated rings. The minimum absolute atomic E-state index is 0. The summed E-state index contributed by atoms with van der Waals surface area (Å²) in [5, 5.41) is 13.9. The zero-order chi connectivity index (χ0) is 50.7. The number of imidazole rings is 2. The molecule has 2 aliphatic rings. The average Bonchev–Trinajstić information content (AvgIpc) is 4.08. The Balaban J connectivity index is 0.000000268. The van der Waals surface area contributed by atoms with Crippen molar-refractivity contribution in [1.82, 2.24) is 43.9 Å². The van der Waals surface area contributed by atoms with Gasteiger partial charge in [0.05, 0.1) is 24.9 Å². The average molecular weight is 990 g/mol. The number of amides is 2. The summed E-state index contributed by atoms with van der Waals surface area (Å²) >= 11 is 0. The molecule has 384 valence electrons. The van der Waals surface area contributed by atoms with Crippen LogP contribution < -0.4 is 26.5 Å². The van der Waals surface area contributed by atoms with E-state index in [0.717, 1.165) is 0 Å². The summed E-state index contributed by atoms with van der Waals surface area (Å²) in [4.78, 5) is 95.7. The molecule has 0 unspecified atom stereocenters. The van der Waals surface area contributed by atoms with Crippen LogP contribution in [0.5, 0.6) is 5.75 Å². The van der Waals surface area contributed by atoms with E-state index in [1.54, 1.807) is 71.9 Å². The summed E-state index contributed by atoms with van der Waals surface area (Å²) in [6.45, 7) is 20.3. The van der Waals surface area contributed by atoms with E-state index in [1.165, 1.54) is 41.4 Å². The van der Waals surface area contributed by atoms with Crippen molar-refractivity contribution in [3.63, 3.8) is 0 Å². The molecule has 70 heavy (non-hydrogen) atoms. The third kappa shape index (κ3) is 13.2. The minimum atomic E-state index is -1.70. The first-order valence-corrected chi connectivity index (χ1v) is 22.6. The second-order valence-electron chi connectivity index (χ2n) is 16.3. The van der Waals surface area contributed by atoms with Crippen LogP contribution >= 0.6 is 0 Å². The van der Waals surface area contributed by atoms with Gasteiger partial charge in [-0.3, -0.25) is 48.9 Å². The van der Waals surface area contributed by atoms with E-state index >= 15 is 4.39 Å². The quantitative estimate of drug-likeness (QED) is 0.0730. The van der Waals surface area contributed by atoms with Gasteiger partial charge in [-0.2, -0.15) is 9.97 Å². The number of fused-ring (bicyclic) bond motifs is 2. The molecule has 4 aromatic heterocycles. The number of nitrogens with one attached hydrogen (secondary N) is 4. The summed E-state index contributed by atoms with van der Waals surface area (Å²) in [5.74, 6) is -1.41. The number of aromatic amines is 2. The Bertz CT molecular complexity index is 2650. The first kappa shape index (κ1) is 55.7. The summed E-state index contributed by atoms with van der Waals surface area (Å²) in [5.41, 5.74) is -1.33. The molecule has 24 nitrogen and oxygen atoms in total. The zero-order valence-electron chi connectivity index (χ0n) is 40.2. The summed E-state index contributed by atoms with van der Waals surface area (Å²) in [6, 6.07) is 8.20. The van der Waals surface area contributed by atoms with Crippen molar-refractivity contribution in [3.8, 4) is 5.75 Å². The zero-order valence-corrected chi connectivity index (χ0v) is 40.2. The van der Waals surface area contributed by atoms with Crippen molar-refractivity contribution in [2.75, 3.05) is 30.3 Å². The maximum atomic E-state index is 15.2. The SMILES string of the molecule is CCN(CC)CC.CC[C@H]1O[C@@H](n2cnc3c(=O)[nH]c(NC(=O)C(C)C)nc32)[C@H](OC(=O)O)[C@@H]1F.CC[C@H]1O[C@@H](n2cnc3c(=O)[nH]c(NC(=O)C(C)C)nc32)[C@H](OC(=O)Oc2ccccc2)[C@@H]1F.O. The van der Waals surface area contributed by atoms with E-state index < -0.39 is 72.6 Å². The molecule has 0 radical (unpaired) electrons. The van der Waals surface area contributed by atoms with Crippen molar-refractivity contribution in [1.29, 1.82) is 0 Å². The fourth-order valence-electron chi connectivity index (χ4n) is 7.11. The van der Waals surface area contributed by atoms with Crippen LogP contribution in [-0.2, 0) is 28.5 Å². The number of carbonyl (C=O) groups excluding carboxylic acids is 3. The maximum absolute atomic E-state index is 15.2. The highest BCUT2D eigenvalue weighted by atomic mass is 19.1. The third-order valence-electron chi connectivity index (χ3n) is 11.0. The van der Waals surface area contributed by atoms with Crippen LogP contribution in [0, 0.1) is 11.8 Å². The molecule has 2 aliphatic heterocycles. The van der Waals surface area contributed by atoms with Crippen LogP contribution in [0.4, 0.5) is 30.3 Å². The number of H-pyrrole nitrogens is 2. The molecule has 0 bridgehead atoms. The Labute approximate surface area is 399 Å². The lowest BCUT2D eigenvalue weighted by Gasteiger charge is -2.20. The van der Waals surface area contributed by atoms with Crippen LogP contribution in [-0.4, -0.2) is 135 Å². The summed E-state index contributed by atoms with van der Waals surface area (Å²) in [7, 11) is 0. The first-order chi connectivity index (χ1) is 32.8. The van der Waals surface area contributed by atoms with Gasteiger partial charge < -0.3 is 39.2 Å². The van der Waals surface area contributed by atoms with Gasteiger partial charge in [-0.15, -0.1) is 0 Å². The molecule has 0 saturated carbocycles. The molecule has 2 saturated heterocycles. The third-order valence-corrected chi connectivity index (χ3v) is 11.0. The molecule has 6 heterocycles. The number of para-hydroxylation sites is 1. The van der Waals surface area contributed by atoms with Gasteiger partial charge in [-0.25, -0.2) is 28.3 Å². The fourth-order valence-corrected chi connectivity index (χ4v) is 7.11. The lowest BCUT2D eigenvalue weighted by Crippen LogP contribution is -2.34. The normalized spacial score (nSPS) is 21.6. The fraction of sp³-hybridized carbons (Fsp3) is 0.545. The molecule has 7 rings (SSSR count). The number of benzene rings is 1. The molecule has 5 aromatic rings. The number of carbonyl (C=O) groups is 4. The number of carboxylic acid groups (broad SMARTS) is 1. The Morgan fingerprint density at radius 1 is 0.729 bits per heavy atom. The number of ether oxygens (including phenoxy) is 5. The molecule has 2 amide bonds. The number of alkyl halides is 2. The van der Waals surface area contributed by atoms with E-state index in [0.29, 0.717) is 6.42 Å². The van der Waals surface area contributed by atoms with E-state index in [4.69, 9.17) is 24.1 Å². The lowest BCUT2D eigenvalue weighted by molar-refractivity contribution is -0.119. The van der Waals surface area contributed by atoms with Crippen LogP contribution in [0.25, 0.3) is 22.3 Å². The van der Waals surface area contributed by atoms with Gasteiger partial charge >= 0.3 is 12.3 Å². The molecular formula is C44H61F2N11O13. The van der Waals surface area contributed by atoms with Gasteiger partial charge in [0.15, 0.2) is 59.3 Å². The van der Waals surface area contributed by atoms with Gasteiger partial charge in [-0.1, -0.05) is 80.5 Å². The van der Waals surface area contributed by atoms with Crippen molar-refractivity contribution in [2.24, 2.45) is 11.8 Å². The standard InChI is InChI=1S/C22H24FN5O6.C16H20FN5O6.C6H15N.H2O/c1-4-13-14(23)16(34-22(31)32-12-8-6-5-7-9-12)20(33-13)28-10-24-15-17(28)25-21(27-19(15)30)26-18(29)11(2)3;1-4-7-8(17)10(28-16(25)26)14(27-7)22-5-18-9-11(22)19-15(21-13(9)24)20-12(23)6(2)3;1-4-7(5-2)6-3;/h5-11,13-14,16,20H,4H2,1-3H3,(H2,25,26,27,29,30);5-8,10,14H,4H2,1-3H3,(H,25,26)(H2,19,20,21,23,24);4-6H2,1-3H3;1H2/t13-,14-,16-,20-;7-,8-,10-,14-;;/m11../s1. The molecule has 0 aliphatic carbocycles. The number of rotatable bonds is 14. The number of nitrogens with zero attached hydrogens (tertiary/aromatic N) is 7. The number of hydrogen-bond donors (Lipinski definition) is 5. The topological polar surface area (TPSA) is 321 Å². The Kier molecular flexibility index (Phi) is 20.0. The Morgan fingerprint density at radius 2 is 1.14 bits per heavy atom. The predicted octanol–water partition coefficient (Wildman–Crippen LogP) is 4.89. The van der Waals surface area contributed by atoms with Gasteiger partial charge in [0, 0.05) is 11.8 Å². The van der Waals surface area contributed by atoms with Crippen LogP contribution in [0.2, 0.25) is 0 Å². The maximum Gasteiger partial charge on any atom is 0.514 e. The van der Waals surface area contributed by atoms with E-state index in [-0.39, 0.29) is 75.5 Å². The molecule has 26 heteroatoms. The van der Waals surface area contributed by atoms with Crippen molar-refractivity contribution in [2.45, 2.75) is 124 Å². The second-order valence-corrected chi connectivity index (χ2v) is 16.3. The van der Waals surface area contributed by atoms with E-state index in [9.17, 15) is 33.2 Å². The highest BCUT2D eigenvalue weighted by Crippen LogP contribution is 2.38. The highest BCUT2D eigenvalue weighted by Gasteiger charge is 2.50. The van der Waals surface area contributed by atoms with E-state index in [1.807, 2.05) is 0 Å². The number of anilines is 2. The van der Waals surface area contributed by atoms with E-state index in [2.05, 4.69) is 70.9 Å². The van der Waals surface area contributed by atoms with Gasteiger partial charge in [0.25, 0.3) is 11.1 Å². The van der Waals surface area contributed by atoms with Crippen LogP contribution in [0.15, 0.2) is 52.6 Å². The highest BCUT2D eigenvalue weighted by molar-refractivity contribution is 5.91. The van der Waals surface area contributed by atoms with Crippen LogP contribution in [0.1, 0.15) is 87.6 Å². The number of aromatic nitrogens is 8. The largest absolute Gasteiger partial charge is 0.514 e. The van der Waals surface area contributed by atoms with Crippen molar-refractivity contribution in [3.05, 3.63) is 63.7 Å². The summed E-state index contributed by atoms with van der Waals surface area (Å²) in [6.07, 6.45) is -10.1. The molecule has 1 aromatic carbocycles.